The summed E-state index contributed by atoms with van der Waals surface area (Å²) in [5.41, 5.74) is 2.91. The Hall–Kier alpha value is -1.96. The molecule has 3 aromatic rings. The lowest BCUT2D eigenvalue weighted by molar-refractivity contribution is 0.386. The topological polar surface area (TPSA) is 77.5 Å². The lowest BCUT2D eigenvalue weighted by atomic mass is 10.4. The molecule has 0 saturated carbocycles. The van der Waals surface area contributed by atoms with Gasteiger partial charge in [-0.1, -0.05) is 5.16 Å². The molecule has 100 valence electrons. The first kappa shape index (κ1) is 12.1. The van der Waals surface area contributed by atoms with Crippen LogP contribution in [-0.2, 0) is 20.0 Å². The number of aromatic nitrogens is 6. The number of hydrogen-bond donors (Lipinski definition) is 1. The molecule has 0 aliphatic carbocycles. The second kappa shape index (κ2) is 4.30. The SMILES string of the molecule is Cc1nc(CCn2c(=S)[nH]c3c(C)nn(C)c32)no1. The molecular weight excluding hydrogens is 264 g/mol. The molecule has 0 amide bonds. The molecular formula is C11H14N6OS. The van der Waals surface area contributed by atoms with Crippen LogP contribution in [-0.4, -0.2) is 29.5 Å². The van der Waals surface area contributed by atoms with Crippen molar-refractivity contribution in [2.24, 2.45) is 7.05 Å². The van der Waals surface area contributed by atoms with Gasteiger partial charge in [-0.2, -0.15) is 10.1 Å². The van der Waals surface area contributed by atoms with Gasteiger partial charge in [0, 0.05) is 26.9 Å². The largest absolute Gasteiger partial charge is 0.340 e. The van der Waals surface area contributed by atoms with Gasteiger partial charge >= 0.3 is 0 Å². The van der Waals surface area contributed by atoms with Gasteiger partial charge in [-0.25, -0.2) is 0 Å². The quantitative estimate of drug-likeness (QED) is 0.737. The number of aromatic amines is 1. The van der Waals surface area contributed by atoms with E-state index in [4.69, 9.17) is 16.7 Å². The highest BCUT2D eigenvalue weighted by Gasteiger charge is 2.13. The fourth-order valence-electron chi connectivity index (χ4n) is 2.23. The van der Waals surface area contributed by atoms with Crippen molar-refractivity contribution in [2.45, 2.75) is 26.8 Å². The molecule has 0 aliphatic heterocycles. The van der Waals surface area contributed by atoms with Crippen LogP contribution in [0.3, 0.4) is 0 Å². The van der Waals surface area contributed by atoms with Gasteiger partial charge in [-0.15, -0.1) is 0 Å². The van der Waals surface area contributed by atoms with Crippen LogP contribution in [0.25, 0.3) is 11.2 Å². The van der Waals surface area contributed by atoms with Crippen LogP contribution in [0.5, 0.6) is 0 Å². The third-order valence-corrected chi connectivity index (χ3v) is 3.38. The van der Waals surface area contributed by atoms with Gasteiger partial charge in [0.1, 0.15) is 5.52 Å². The lowest BCUT2D eigenvalue weighted by Gasteiger charge is -2.02. The Morgan fingerprint density at radius 1 is 1.37 bits per heavy atom. The molecule has 3 heterocycles. The van der Waals surface area contributed by atoms with E-state index in [2.05, 4.69) is 20.2 Å². The summed E-state index contributed by atoms with van der Waals surface area (Å²) in [6.07, 6.45) is 0.669. The van der Waals surface area contributed by atoms with E-state index in [0.717, 1.165) is 16.9 Å². The van der Waals surface area contributed by atoms with Crippen molar-refractivity contribution >= 4 is 23.4 Å². The normalized spacial score (nSPS) is 11.5. The second-order valence-electron chi connectivity index (χ2n) is 4.47. The standard InChI is InChI=1S/C11H14N6OS/c1-6-9-10(16(3)14-6)17(11(19)13-9)5-4-8-12-7(2)18-15-8/h4-5H2,1-3H3,(H,13,19). The van der Waals surface area contributed by atoms with E-state index < -0.39 is 0 Å². The predicted molar refractivity (Wildman–Crippen MR) is 71.4 cm³/mol. The number of imidazole rings is 1. The van der Waals surface area contributed by atoms with Crippen molar-refractivity contribution in [3.63, 3.8) is 0 Å². The van der Waals surface area contributed by atoms with Gasteiger partial charge in [0.2, 0.25) is 5.89 Å². The van der Waals surface area contributed by atoms with Crippen molar-refractivity contribution in [2.75, 3.05) is 0 Å². The van der Waals surface area contributed by atoms with Gasteiger partial charge in [0.25, 0.3) is 0 Å². The van der Waals surface area contributed by atoms with Crippen molar-refractivity contribution in [1.29, 1.82) is 0 Å². The molecule has 0 fully saturated rings. The van der Waals surface area contributed by atoms with E-state index in [1.54, 1.807) is 6.92 Å². The van der Waals surface area contributed by atoms with Gasteiger partial charge < -0.3 is 14.1 Å². The maximum atomic E-state index is 5.35. The lowest BCUT2D eigenvalue weighted by Crippen LogP contribution is -2.06. The molecule has 0 bridgehead atoms. The van der Waals surface area contributed by atoms with E-state index in [1.807, 2.05) is 23.2 Å². The van der Waals surface area contributed by atoms with Gasteiger partial charge in [0.05, 0.1) is 5.69 Å². The highest BCUT2D eigenvalue weighted by Crippen LogP contribution is 2.17. The minimum Gasteiger partial charge on any atom is -0.340 e. The average Bonchev–Trinajstić information content (AvgIpc) is 2.97. The fraction of sp³-hybridized carbons (Fsp3) is 0.455. The molecule has 3 aromatic heterocycles. The third-order valence-electron chi connectivity index (χ3n) is 3.05. The Morgan fingerprint density at radius 3 is 2.84 bits per heavy atom. The van der Waals surface area contributed by atoms with Crippen LogP contribution >= 0.6 is 12.2 Å². The first-order valence-corrected chi connectivity index (χ1v) is 6.38. The number of hydrogen-bond acceptors (Lipinski definition) is 5. The Balaban J connectivity index is 1.96. The van der Waals surface area contributed by atoms with E-state index >= 15 is 0 Å². The molecule has 0 saturated heterocycles. The Labute approximate surface area is 114 Å². The van der Waals surface area contributed by atoms with Gasteiger partial charge in [-0.3, -0.25) is 4.68 Å². The van der Waals surface area contributed by atoms with Crippen molar-refractivity contribution < 1.29 is 4.52 Å². The summed E-state index contributed by atoms with van der Waals surface area (Å²) in [5, 5.41) is 8.27. The summed E-state index contributed by atoms with van der Waals surface area (Å²) in [6, 6.07) is 0. The van der Waals surface area contributed by atoms with Gasteiger partial charge in [0.15, 0.2) is 16.2 Å². The van der Waals surface area contributed by atoms with Crippen LogP contribution < -0.4 is 0 Å². The second-order valence-corrected chi connectivity index (χ2v) is 4.86. The zero-order chi connectivity index (χ0) is 13.6. The van der Waals surface area contributed by atoms with Gasteiger partial charge in [-0.05, 0) is 19.1 Å². The Morgan fingerprint density at radius 2 is 2.16 bits per heavy atom. The van der Waals surface area contributed by atoms with Crippen LogP contribution in [0.1, 0.15) is 17.4 Å². The number of nitrogens with zero attached hydrogens (tertiary/aromatic N) is 5. The summed E-state index contributed by atoms with van der Waals surface area (Å²) in [5.74, 6) is 1.27. The third kappa shape index (κ3) is 1.97. The average molecular weight is 278 g/mol. The van der Waals surface area contributed by atoms with Crippen molar-refractivity contribution in [1.82, 2.24) is 29.5 Å². The molecule has 1 N–H and O–H groups in total. The van der Waals surface area contributed by atoms with Crippen molar-refractivity contribution in [3.05, 3.63) is 22.2 Å². The van der Waals surface area contributed by atoms with Crippen LogP contribution in [0, 0.1) is 18.6 Å². The first-order chi connectivity index (χ1) is 9.06. The minimum absolute atomic E-state index is 0.578. The Kier molecular flexibility index (Phi) is 2.74. The summed E-state index contributed by atoms with van der Waals surface area (Å²) in [4.78, 5) is 7.38. The fourth-order valence-corrected chi connectivity index (χ4v) is 2.51. The summed E-state index contributed by atoms with van der Waals surface area (Å²) in [6.45, 7) is 4.43. The molecule has 7 nitrogen and oxygen atoms in total. The maximum absolute atomic E-state index is 5.35. The molecule has 0 unspecified atom stereocenters. The molecule has 0 atom stereocenters. The maximum Gasteiger partial charge on any atom is 0.223 e. The Bertz CT molecular complexity index is 792. The molecule has 0 spiro atoms. The zero-order valence-corrected chi connectivity index (χ0v) is 11.8. The van der Waals surface area contributed by atoms with E-state index in [9.17, 15) is 0 Å². The monoisotopic (exact) mass is 278 g/mol. The summed E-state index contributed by atoms with van der Waals surface area (Å²) >= 11 is 5.35. The first-order valence-electron chi connectivity index (χ1n) is 5.97. The molecule has 3 rings (SSSR count). The molecule has 0 radical (unpaired) electrons. The highest BCUT2D eigenvalue weighted by atomic mass is 32.1. The molecule has 0 aliphatic rings. The summed E-state index contributed by atoms with van der Waals surface area (Å²) < 4.78 is 9.49. The number of H-pyrrole nitrogens is 1. The van der Waals surface area contributed by atoms with Crippen molar-refractivity contribution in [3.8, 4) is 0 Å². The molecule has 0 aromatic carbocycles. The van der Waals surface area contributed by atoms with E-state index in [-0.39, 0.29) is 0 Å². The molecule has 8 heteroatoms. The van der Waals surface area contributed by atoms with E-state index in [0.29, 0.717) is 29.5 Å². The summed E-state index contributed by atoms with van der Waals surface area (Å²) in [7, 11) is 1.91. The molecule has 19 heavy (non-hydrogen) atoms. The number of fused-ring (bicyclic) bond motifs is 1. The minimum atomic E-state index is 0.578. The van der Waals surface area contributed by atoms with Crippen LogP contribution in [0.15, 0.2) is 4.52 Å². The number of aryl methyl sites for hydroxylation is 5. The van der Waals surface area contributed by atoms with Crippen LogP contribution in [0.2, 0.25) is 0 Å². The number of rotatable bonds is 3. The van der Waals surface area contributed by atoms with Crippen LogP contribution in [0.4, 0.5) is 0 Å². The zero-order valence-electron chi connectivity index (χ0n) is 11.0. The number of nitrogens with one attached hydrogen (secondary N) is 1. The van der Waals surface area contributed by atoms with E-state index in [1.165, 1.54) is 0 Å². The smallest absolute Gasteiger partial charge is 0.223 e. The highest BCUT2D eigenvalue weighted by molar-refractivity contribution is 7.71. The predicted octanol–water partition coefficient (Wildman–Crippen LogP) is 1.67.